The van der Waals surface area contributed by atoms with Crippen molar-refractivity contribution < 1.29 is 9.13 Å². The van der Waals surface area contributed by atoms with E-state index >= 15 is 0 Å². The molecule has 1 atom stereocenters. The molecule has 1 aliphatic heterocycles. The Hall–Kier alpha value is -3.74. The van der Waals surface area contributed by atoms with Crippen LogP contribution in [-0.2, 0) is 6.42 Å². The van der Waals surface area contributed by atoms with Gasteiger partial charge in [0.05, 0.1) is 5.71 Å². The first-order valence-electron chi connectivity index (χ1n) is 10.1. The van der Waals surface area contributed by atoms with Crippen molar-refractivity contribution >= 4 is 11.5 Å². The topological polar surface area (TPSA) is 99.4 Å². The van der Waals surface area contributed by atoms with Gasteiger partial charge in [0.15, 0.2) is 11.6 Å². The second-order valence-electron chi connectivity index (χ2n) is 7.32. The summed E-state index contributed by atoms with van der Waals surface area (Å²) >= 11 is 0. The molecule has 4 N–H and O–H groups in total. The van der Waals surface area contributed by atoms with Crippen molar-refractivity contribution in [1.29, 1.82) is 0 Å². The fraction of sp³-hybridized carbons (Fsp3) is 0.208. The van der Waals surface area contributed by atoms with E-state index in [4.69, 9.17) is 16.2 Å². The number of anilines is 1. The van der Waals surface area contributed by atoms with Crippen molar-refractivity contribution in [2.75, 3.05) is 12.3 Å². The van der Waals surface area contributed by atoms with Crippen molar-refractivity contribution in [3.8, 4) is 16.9 Å². The molecule has 4 rings (SSSR count). The zero-order valence-corrected chi connectivity index (χ0v) is 17.5. The van der Waals surface area contributed by atoms with Gasteiger partial charge >= 0.3 is 0 Å². The number of rotatable bonds is 1. The first-order chi connectivity index (χ1) is 15.0. The normalized spacial score (nSPS) is 18.5. The second-order valence-corrected chi connectivity index (χ2v) is 7.32. The number of allylic oxidation sites excluding steroid dienone is 1. The summed E-state index contributed by atoms with van der Waals surface area (Å²) < 4.78 is 20.4. The van der Waals surface area contributed by atoms with Crippen LogP contribution in [0.3, 0.4) is 0 Å². The lowest BCUT2D eigenvalue weighted by Gasteiger charge is -2.23. The Balaban J connectivity index is 2.01. The summed E-state index contributed by atoms with van der Waals surface area (Å²) in [5.74, 6) is 0.320. The molecule has 3 aromatic rings. The van der Waals surface area contributed by atoms with Gasteiger partial charge in [-0.3, -0.25) is 9.98 Å². The van der Waals surface area contributed by atoms with Crippen LogP contribution in [0.5, 0.6) is 5.75 Å². The third-order valence-electron chi connectivity index (χ3n) is 5.31. The number of nitrogen functional groups attached to an aromatic ring is 1. The third-order valence-corrected chi connectivity index (χ3v) is 5.31. The minimum absolute atomic E-state index is 0.252. The molecule has 1 unspecified atom stereocenters. The predicted octanol–water partition coefficient (Wildman–Crippen LogP) is 4.21. The summed E-state index contributed by atoms with van der Waals surface area (Å²) in [6, 6.07) is 8.43. The van der Waals surface area contributed by atoms with Crippen LogP contribution in [0.25, 0.3) is 11.1 Å². The predicted molar refractivity (Wildman–Crippen MR) is 120 cm³/mol. The average molecular weight is 417 g/mol. The largest absolute Gasteiger partial charge is 0.482 e. The minimum Gasteiger partial charge on any atom is -0.482 e. The number of benzene rings is 1. The van der Waals surface area contributed by atoms with Gasteiger partial charge in [-0.2, -0.15) is 0 Å². The summed E-state index contributed by atoms with van der Waals surface area (Å²) in [4.78, 5) is 13.3. The molecular formula is C24H24FN5O. The minimum atomic E-state index is -0.478. The van der Waals surface area contributed by atoms with E-state index in [2.05, 4.69) is 15.0 Å². The Morgan fingerprint density at radius 2 is 2.06 bits per heavy atom. The molecule has 2 aromatic heterocycles. The summed E-state index contributed by atoms with van der Waals surface area (Å²) in [6.07, 6.45) is 6.80. The van der Waals surface area contributed by atoms with Crippen molar-refractivity contribution in [2.45, 2.75) is 26.4 Å². The molecule has 3 heterocycles. The highest BCUT2D eigenvalue weighted by Gasteiger charge is 2.22. The van der Waals surface area contributed by atoms with Gasteiger partial charge < -0.3 is 16.2 Å². The molecule has 31 heavy (non-hydrogen) atoms. The van der Waals surface area contributed by atoms with Crippen molar-refractivity contribution in [3.05, 3.63) is 83.2 Å². The molecule has 1 aliphatic rings. The van der Waals surface area contributed by atoms with Crippen molar-refractivity contribution in [3.63, 3.8) is 0 Å². The number of nitrogens with zero attached hydrogens (tertiary/aromatic N) is 3. The number of pyridine rings is 2. The van der Waals surface area contributed by atoms with Gasteiger partial charge in [0.2, 0.25) is 0 Å². The maximum absolute atomic E-state index is 14.2. The number of aromatic nitrogens is 2. The SMILES string of the molecule is CCN=C1C(=CN)Cc2ccncc2-c2ccc(F)cc2C(C)Oc2cc1cnc2N. The van der Waals surface area contributed by atoms with Gasteiger partial charge in [-0.25, -0.2) is 9.37 Å². The van der Waals surface area contributed by atoms with E-state index in [1.165, 1.54) is 12.1 Å². The zero-order chi connectivity index (χ0) is 22.0. The van der Waals surface area contributed by atoms with Crippen molar-refractivity contribution in [1.82, 2.24) is 9.97 Å². The smallest absolute Gasteiger partial charge is 0.166 e. The number of halogens is 1. The van der Waals surface area contributed by atoms with Gasteiger partial charge in [-0.05, 0) is 61.0 Å². The molecule has 7 heteroatoms. The van der Waals surface area contributed by atoms with E-state index in [0.717, 1.165) is 33.5 Å². The Morgan fingerprint density at radius 3 is 2.84 bits per heavy atom. The molecular weight excluding hydrogens is 393 g/mol. The second kappa shape index (κ2) is 8.55. The summed E-state index contributed by atoms with van der Waals surface area (Å²) in [7, 11) is 0. The molecule has 0 saturated heterocycles. The molecule has 158 valence electrons. The Morgan fingerprint density at radius 1 is 1.23 bits per heavy atom. The van der Waals surface area contributed by atoms with Crippen LogP contribution in [0.4, 0.5) is 10.2 Å². The number of nitrogens with two attached hydrogens (primary N) is 2. The standard InChI is InChI=1S/C24H24FN5O/c1-3-29-23-16(11-26)8-15-6-7-28-13-21(15)19-5-4-18(25)10-20(19)14(2)31-22-9-17(23)12-30-24(22)27/h4-7,9-14H,3,8,26H2,1-2H3,(H2,27,30). The lowest BCUT2D eigenvalue weighted by Crippen LogP contribution is -2.15. The molecule has 0 spiro atoms. The molecule has 0 amide bonds. The van der Waals surface area contributed by atoms with Crippen LogP contribution in [0.15, 0.2) is 65.7 Å². The number of hydrogen-bond donors (Lipinski definition) is 2. The van der Waals surface area contributed by atoms with E-state index < -0.39 is 6.10 Å². The molecule has 0 radical (unpaired) electrons. The van der Waals surface area contributed by atoms with Gasteiger partial charge in [0.1, 0.15) is 11.9 Å². The monoisotopic (exact) mass is 417 g/mol. The quantitative estimate of drug-likeness (QED) is 0.618. The lowest BCUT2D eigenvalue weighted by molar-refractivity contribution is 0.227. The van der Waals surface area contributed by atoms with E-state index in [9.17, 15) is 4.39 Å². The summed E-state index contributed by atoms with van der Waals surface area (Å²) in [5, 5.41) is 0. The van der Waals surface area contributed by atoms with E-state index in [-0.39, 0.29) is 11.6 Å². The fourth-order valence-corrected chi connectivity index (χ4v) is 3.83. The number of aliphatic imine (C=N–C) groups is 1. The van der Waals surface area contributed by atoms with Gasteiger partial charge in [0, 0.05) is 48.2 Å². The molecule has 0 saturated carbocycles. The zero-order valence-electron chi connectivity index (χ0n) is 17.5. The molecule has 6 nitrogen and oxygen atoms in total. The third kappa shape index (κ3) is 3.99. The average Bonchev–Trinajstić information content (AvgIpc) is 2.77. The maximum atomic E-state index is 14.2. The van der Waals surface area contributed by atoms with Gasteiger partial charge in [-0.15, -0.1) is 0 Å². The lowest BCUT2D eigenvalue weighted by atomic mass is 9.90. The molecule has 0 fully saturated rings. The van der Waals surface area contributed by atoms with Crippen LogP contribution in [0.2, 0.25) is 0 Å². The fourth-order valence-electron chi connectivity index (χ4n) is 3.83. The number of hydrogen-bond acceptors (Lipinski definition) is 6. The summed E-state index contributed by atoms with van der Waals surface area (Å²) in [6.45, 7) is 4.40. The van der Waals surface area contributed by atoms with E-state index in [1.54, 1.807) is 30.9 Å². The molecule has 2 bridgehead atoms. The van der Waals surface area contributed by atoms with Gasteiger partial charge in [0.25, 0.3) is 0 Å². The first-order valence-corrected chi connectivity index (χ1v) is 10.1. The highest BCUT2D eigenvalue weighted by atomic mass is 19.1. The van der Waals surface area contributed by atoms with E-state index in [0.29, 0.717) is 24.3 Å². The van der Waals surface area contributed by atoms with Crippen LogP contribution in [0, 0.1) is 5.82 Å². The van der Waals surface area contributed by atoms with Crippen LogP contribution < -0.4 is 16.2 Å². The number of fused-ring (bicyclic) bond motifs is 5. The van der Waals surface area contributed by atoms with Crippen LogP contribution in [0.1, 0.15) is 36.6 Å². The molecule has 0 aliphatic carbocycles. The molecule has 1 aromatic carbocycles. The Kier molecular flexibility index (Phi) is 5.66. The van der Waals surface area contributed by atoms with Crippen LogP contribution >= 0.6 is 0 Å². The summed E-state index contributed by atoms with van der Waals surface area (Å²) in [5.41, 5.74) is 17.9. The Labute approximate surface area is 180 Å². The highest BCUT2D eigenvalue weighted by molar-refractivity contribution is 6.13. The highest BCUT2D eigenvalue weighted by Crippen LogP contribution is 2.36. The van der Waals surface area contributed by atoms with Crippen molar-refractivity contribution in [2.24, 2.45) is 10.7 Å². The van der Waals surface area contributed by atoms with Crippen LogP contribution in [-0.4, -0.2) is 22.2 Å². The Bertz CT molecular complexity index is 1190. The van der Waals surface area contributed by atoms with Gasteiger partial charge in [-0.1, -0.05) is 6.07 Å². The van der Waals surface area contributed by atoms with E-state index in [1.807, 2.05) is 26.0 Å². The number of ether oxygens (including phenoxy) is 1. The maximum Gasteiger partial charge on any atom is 0.166 e. The first kappa shape index (κ1) is 20.5.